The first-order chi connectivity index (χ1) is 6.25. The maximum Gasteiger partial charge on any atom is 0.147 e. The number of aliphatic hydroxyl groups is 1. The summed E-state index contributed by atoms with van der Waals surface area (Å²) >= 11 is 5.61. The highest BCUT2D eigenvalue weighted by atomic mass is 35.5. The summed E-state index contributed by atoms with van der Waals surface area (Å²) in [7, 11) is 0. The van der Waals surface area contributed by atoms with E-state index in [0.29, 0.717) is 11.7 Å². The van der Waals surface area contributed by atoms with E-state index in [0.717, 1.165) is 18.8 Å². The van der Waals surface area contributed by atoms with Gasteiger partial charge < -0.3 is 10.0 Å². The van der Waals surface area contributed by atoms with Crippen molar-refractivity contribution in [1.29, 1.82) is 0 Å². The maximum absolute atomic E-state index is 9.30. The average Bonchev–Trinajstić information content (AvgIpc) is 2.53. The molecule has 1 aliphatic heterocycles. The van der Waals surface area contributed by atoms with E-state index in [1.165, 1.54) is 6.20 Å². The molecule has 2 rings (SSSR count). The third kappa shape index (κ3) is 1.89. The van der Waals surface area contributed by atoms with Crippen molar-refractivity contribution in [3.8, 4) is 0 Å². The predicted octanol–water partition coefficient (Wildman–Crippen LogP) is 0.701. The molecule has 0 bridgehead atoms. The molecule has 0 aromatic carbocycles. The first-order valence-electron chi connectivity index (χ1n) is 4.16. The number of rotatable bonds is 1. The van der Waals surface area contributed by atoms with E-state index in [1.54, 1.807) is 6.20 Å². The molecule has 1 saturated heterocycles. The summed E-state index contributed by atoms with van der Waals surface area (Å²) in [5.41, 5.74) is 0. The molecule has 1 aliphatic rings. The quantitative estimate of drug-likeness (QED) is 0.724. The van der Waals surface area contributed by atoms with Gasteiger partial charge in [-0.2, -0.15) is 0 Å². The zero-order chi connectivity index (χ0) is 9.26. The van der Waals surface area contributed by atoms with Gasteiger partial charge in [0.25, 0.3) is 0 Å². The average molecular weight is 200 g/mol. The third-order valence-electron chi connectivity index (χ3n) is 2.09. The van der Waals surface area contributed by atoms with Crippen LogP contribution in [0.4, 0.5) is 5.82 Å². The topological polar surface area (TPSA) is 49.2 Å². The molecule has 0 spiro atoms. The second-order valence-electron chi connectivity index (χ2n) is 3.09. The molecule has 70 valence electrons. The van der Waals surface area contributed by atoms with Crippen LogP contribution in [0, 0.1) is 0 Å². The number of halogens is 1. The van der Waals surface area contributed by atoms with Gasteiger partial charge in [-0.15, -0.1) is 0 Å². The second-order valence-corrected chi connectivity index (χ2v) is 3.47. The van der Waals surface area contributed by atoms with Crippen molar-refractivity contribution >= 4 is 17.4 Å². The summed E-state index contributed by atoms with van der Waals surface area (Å²) in [6, 6.07) is 0. The monoisotopic (exact) mass is 199 g/mol. The summed E-state index contributed by atoms with van der Waals surface area (Å²) in [4.78, 5) is 10.0. The van der Waals surface area contributed by atoms with E-state index in [2.05, 4.69) is 9.97 Å². The van der Waals surface area contributed by atoms with Crippen LogP contribution in [0.2, 0.25) is 5.15 Å². The maximum atomic E-state index is 9.30. The Hall–Kier alpha value is -0.870. The lowest BCUT2D eigenvalue weighted by atomic mass is 10.3. The lowest BCUT2D eigenvalue weighted by Crippen LogP contribution is -2.22. The number of aromatic nitrogens is 2. The van der Waals surface area contributed by atoms with Crippen LogP contribution in [0.1, 0.15) is 6.42 Å². The van der Waals surface area contributed by atoms with Gasteiger partial charge >= 0.3 is 0 Å². The van der Waals surface area contributed by atoms with Crippen molar-refractivity contribution in [1.82, 2.24) is 9.97 Å². The fourth-order valence-electron chi connectivity index (χ4n) is 1.42. The highest BCUT2D eigenvalue weighted by Crippen LogP contribution is 2.17. The largest absolute Gasteiger partial charge is 0.391 e. The number of hydrogen-bond donors (Lipinski definition) is 1. The van der Waals surface area contributed by atoms with E-state index in [9.17, 15) is 5.11 Å². The lowest BCUT2D eigenvalue weighted by molar-refractivity contribution is 0.198. The normalized spacial score (nSPS) is 22.3. The molecule has 1 aromatic heterocycles. The minimum Gasteiger partial charge on any atom is -0.391 e. The van der Waals surface area contributed by atoms with Crippen LogP contribution < -0.4 is 4.90 Å². The Balaban J connectivity index is 2.13. The van der Waals surface area contributed by atoms with E-state index in [1.807, 2.05) is 4.90 Å². The molecule has 2 heterocycles. The van der Waals surface area contributed by atoms with Crippen LogP contribution in [0.25, 0.3) is 0 Å². The van der Waals surface area contributed by atoms with E-state index in [-0.39, 0.29) is 6.10 Å². The molecular weight excluding hydrogens is 190 g/mol. The van der Waals surface area contributed by atoms with Gasteiger partial charge in [0, 0.05) is 13.1 Å². The zero-order valence-electron chi connectivity index (χ0n) is 7.02. The van der Waals surface area contributed by atoms with Crippen molar-refractivity contribution in [2.24, 2.45) is 0 Å². The fourth-order valence-corrected chi connectivity index (χ4v) is 1.52. The Bertz CT molecular complexity index is 290. The molecule has 0 aliphatic carbocycles. The molecular formula is C8H10ClN3O. The minimum atomic E-state index is -0.238. The molecule has 13 heavy (non-hydrogen) atoms. The zero-order valence-corrected chi connectivity index (χ0v) is 7.78. The molecule has 0 radical (unpaired) electrons. The summed E-state index contributed by atoms with van der Waals surface area (Å²) in [6.45, 7) is 1.47. The second kappa shape index (κ2) is 3.47. The van der Waals surface area contributed by atoms with E-state index in [4.69, 9.17) is 11.6 Å². The van der Waals surface area contributed by atoms with Crippen LogP contribution in [0.3, 0.4) is 0 Å². The Labute approximate surface area is 81.2 Å². The molecule has 1 N–H and O–H groups in total. The highest BCUT2D eigenvalue weighted by molar-refractivity contribution is 6.29. The first-order valence-corrected chi connectivity index (χ1v) is 4.54. The molecule has 0 unspecified atom stereocenters. The van der Waals surface area contributed by atoms with Gasteiger partial charge in [-0.3, -0.25) is 0 Å². The molecule has 4 nitrogen and oxygen atoms in total. The van der Waals surface area contributed by atoms with Crippen LogP contribution in [0.15, 0.2) is 12.4 Å². The summed E-state index contributed by atoms with van der Waals surface area (Å²) in [5.74, 6) is 0.779. The number of nitrogens with zero attached hydrogens (tertiary/aromatic N) is 3. The van der Waals surface area contributed by atoms with Gasteiger partial charge in [0.15, 0.2) is 0 Å². The number of hydrogen-bond acceptors (Lipinski definition) is 4. The number of β-amino-alcohol motifs (C(OH)–C–C–N with tert-alkyl or cyclic N) is 1. The molecule has 0 amide bonds. The van der Waals surface area contributed by atoms with Gasteiger partial charge in [-0.25, -0.2) is 9.97 Å². The molecule has 1 aromatic rings. The Morgan fingerprint density at radius 2 is 2.31 bits per heavy atom. The van der Waals surface area contributed by atoms with Crippen molar-refractivity contribution in [2.45, 2.75) is 12.5 Å². The lowest BCUT2D eigenvalue weighted by Gasteiger charge is -2.15. The van der Waals surface area contributed by atoms with Gasteiger partial charge in [-0.05, 0) is 6.42 Å². The number of aliphatic hydroxyl groups excluding tert-OH is 1. The summed E-state index contributed by atoms with van der Waals surface area (Å²) in [6.07, 6.45) is 3.70. The van der Waals surface area contributed by atoms with Gasteiger partial charge in [-0.1, -0.05) is 11.6 Å². The van der Waals surface area contributed by atoms with Crippen molar-refractivity contribution in [3.05, 3.63) is 17.5 Å². The van der Waals surface area contributed by atoms with Crippen molar-refractivity contribution in [3.63, 3.8) is 0 Å². The predicted molar refractivity (Wildman–Crippen MR) is 49.9 cm³/mol. The molecule has 5 heteroatoms. The summed E-state index contributed by atoms with van der Waals surface area (Å²) < 4.78 is 0. The Kier molecular flexibility index (Phi) is 2.33. The highest BCUT2D eigenvalue weighted by Gasteiger charge is 2.21. The molecule has 1 fully saturated rings. The van der Waals surface area contributed by atoms with Crippen molar-refractivity contribution in [2.75, 3.05) is 18.0 Å². The van der Waals surface area contributed by atoms with E-state index >= 15 is 0 Å². The van der Waals surface area contributed by atoms with Crippen LogP contribution in [-0.2, 0) is 0 Å². The van der Waals surface area contributed by atoms with Crippen LogP contribution in [-0.4, -0.2) is 34.3 Å². The van der Waals surface area contributed by atoms with Crippen LogP contribution >= 0.6 is 11.6 Å². The smallest absolute Gasteiger partial charge is 0.147 e. The van der Waals surface area contributed by atoms with Gasteiger partial charge in [0.1, 0.15) is 11.0 Å². The Morgan fingerprint density at radius 3 is 2.85 bits per heavy atom. The van der Waals surface area contributed by atoms with Crippen LogP contribution in [0.5, 0.6) is 0 Å². The SMILES string of the molecule is O[C@@H]1CCN(c2cnc(Cl)cn2)C1. The van der Waals surface area contributed by atoms with E-state index < -0.39 is 0 Å². The third-order valence-corrected chi connectivity index (χ3v) is 2.29. The fraction of sp³-hybridized carbons (Fsp3) is 0.500. The first kappa shape index (κ1) is 8.72. The standard InChI is InChI=1S/C8H10ClN3O/c9-7-3-11-8(4-10-7)12-2-1-6(13)5-12/h3-4,6,13H,1-2,5H2/t6-/m1/s1. The molecule has 1 atom stereocenters. The minimum absolute atomic E-state index is 0.238. The van der Waals surface area contributed by atoms with Gasteiger partial charge in [0.05, 0.1) is 18.5 Å². The molecule has 0 saturated carbocycles. The summed E-state index contributed by atoms with van der Waals surface area (Å²) in [5, 5.41) is 9.69. The van der Waals surface area contributed by atoms with Crippen molar-refractivity contribution < 1.29 is 5.11 Å². The Morgan fingerprint density at radius 1 is 1.46 bits per heavy atom. The number of anilines is 1. The van der Waals surface area contributed by atoms with Gasteiger partial charge in [0.2, 0.25) is 0 Å².